The van der Waals surface area contributed by atoms with Gasteiger partial charge in [0.25, 0.3) is 0 Å². The standard InChI is InChI=1S/C19H29NO3/c1-3-4-5-6-7-8-9-14-20-19(22)13-11-16-10-12-17(21)15-18(16)23-2/h10-13,15,21H,3-9,14H2,1-2H3,(H,20,22). The molecule has 128 valence electrons. The molecular weight excluding hydrogens is 290 g/mol. The highest BCUT2D eigenvalue weighted by atomic mass is 16.5. The van der Waals surface area contributed by atoms with Crippen LogP contribution in [0.3, 0.4) is 0 Å². The highest BCUT2D eigenvalue weighted by molar-refractivity contribution is 5.92. The summed E-state index contributed by atoms with van der Waals surface area (Å²) < 4.78 is 5.17. The number of carbonyl (C=O) groups is 1. The number of hydrogen-bond donors (Lipinski definition) is 2. The Kier molecular flexibility index (Phi) is 9.60. The topological polar surface area (TPSA) is 58.6 Å². The predicted molar refractivity (Wildman–Crippen MR) is 94.7 cm³/mol. The van der Waals surface area contributed by atoms with Crippen molar-refractivity contribution in [1.82, 2.24) is 5.32 Å². The van der Waals surface area contributed by atoms with Crippen molar-refractivity contribution in [2.45, 2.75) is 51.9 Å². The van der Waals surface area contributed by atoms with Gasteiger partial charge in [-0.3, -0.25) is 4.79 Å². The maximum Gasteiger partial charge on any atom is 0.244 e. The number of rotatable bonds is 11. The minimum absolute atomic E-state index is 0.105. The Morgan fingerprint density at radius 2 is 1.87 bits per heavy atom. The number of amides is 1. The molecule has 0 bridgehead atoms. The van der Waals surface area contributed by atoms with Crippen molar-refractivity contribution >= 4 is 12.0 Å². The summed E-state index contributed by atoms with van der Waals surface area (Å²) in [4.78, 5) is 11.8. The van der Waals surface area contributed by atoms with Crippen molar-refractivity contribution in [2.75, 3.05) is 13.7 Å². The van der Waals surface area contributed by atoms with Gasteiger partial charge in [0, 0.05) is 24.3 Å². The number of benzene rings is 1. The van der Waals surface area contributed by atoms with E-state index in [-0.39, 0.29) is 11.7 Å². The van der Waals surface area contributed by atoms with Crippen LogP contribution in [0.2, 0.25) is 0 Å². The first kappa shape index (κ1) is 19.1. The second-order valence-corrected chi connectivity index (χ2v) is 5.67. The van der Waals surface area contributed by atoms with E-state index in [9.17, 15) is 9.90 Å². The summed E-state index contributed by atoms with van der Waals surface area (Å²) in [5.74, 6) is 0.578. The van der Waals surface area contributed by atoms with E-state index < -0.39 is 0 Å². The van der Waals surface area contributed by atoms with E-state index in [2.05, 4.69) is 12.2 Å². The molecule has 0 saturated carbocycles. The third-order valence-electron chi connectivity index (χ3n) is 3.71. The van der Waals surface area contributed by atoms with Crippen molar-refractivity contribution in [2.24, 2.45) is 0 Å². The molecule has 4 nitrogen and oxygen atoms in total. The maximum atomic E-state index is 11.8. The van der Waals surface area contributed by atoms with Crippen molar-refractivity contribution in [3.63, 3.8) is 0 Å². The van der Waals surface area contributed by atoms with Crippen LogP contribution in [0.25, 0.3) is 6.08 Å². The zero-order chi connectivity index (χ0) is 16.9. The fraction of sp³-hybridized carbons (Fsp3) is 0.526. The smallest absolute Gasteiger partial charge is 0.244 e. The first-order chi connectivity index (χ1) is 11.2. The van der Waals surface area contributed by atoms with Gasteiger partial charge in [0.05, 0.1) is 7.11 Å². The molecule has 0 saturated heterocycles. The van der Waals surface area contributed by atoms with E-state index in [1.165, 1.54) is 57.8 Å². The zero-order valence-electron chi connectivity index (χ0n) is 14.3. The number of nitrogens with one attached hydrogen (secondary N) is 1. The lowest BCUT2D eigenvalue weighted by atomic mass is 10.1. The van der Waals surface area contributed by atoms with Crippen molar-refractivity contribution in [3.8, 4) is 11.5 Å². The van der Waals surface area contributed by atoms with E-state index in [0.717, 1.165) is 12.0 Å². The zero-order valence-corrected chi connectivity index (χ0v) is 14.3. The van der Waals surface area contributed by atoms with Crippen molar-refractivity contribution in [3.05, 3.63) is 29.8 Å². The normalized spacial score (nSPS) is 10.9. The van der Waals surface area contributed by atoms with Crippen LogP contribution < -0.4 is 10.1 Å². The highest BCUT2D eigenvalue weighted by Gasteiger charge is 2.02. The van der Waals surface area contributed by atoms with Gasteiger partial charge in [0.1, 0.15) is 11.5 Å². The third kappa shape index (κ3) is 8.29. The molecule has 0 aromatic heterocycles. The van der Waals surface area contributed by atoms with Gasteiger partial charge in [0.15, 0.2) is 0 Å². The molecule has 0 atom stereocenters. The lowest BCUT2D eigenvalue weighted by molar-refractivity contribution is -0.116. The minimum Gasteiger partial charge on any atom is -0.508 e. The molecule has 2 N–H and O–H groups in total. The van der Waals surface area contributed by atoms with E-state index in [4.69, 9.17) is 4.74 Å². The molecule has 1 aromatic carbocycles. The molecule has 1 rings (SSSR count). The van der Waals surface area contributed by atoms with Crippen LogP contribution in [0.4, 0.5) is 0 Å². The van der Waals surface area contributed by atoms with Gasteiger partial charge >= 0.3 is 0 Å². The molecule has 0 aliphatic heterocycles. The molecule has 0 aliphatic rings. The average molecular weight is 319 g/mol. The molecule has 23 heavy (non-hydrogen) atoms. The van der Waals surface area contributed by atoms with Gasteiger partial charge in [-0.2, -0.15) is 0 Å². The average Bonchev–Trinajstić information content (AvgIpc) is 2.56. The Hall–Kier alpha value is -1.97. The van der Waals surface area contributed by atoms with Gasteiger partial charge < -0.3 is 15.2 Å². The fourth-order valence-electron chi connectivity index (χ4n) is 2.36. The summed E-state index contributed by atoms with van der Waals surface area (Å²) in [6.07, 6.45) is 11.8. The summed E-state index contributed by atoms with van der Waals surface area (Å²) in [7, 11) is 1.53. The Morgan fingerprint density at radius 3 is 2.57 bits per heavy atom. The monoisotopic (exact) mass is 319 g/mol. The number of hydrogen-bond acceptors (Lipinski definition) is 3. The summed E-state index contributed by atoms with van der Waals surface area (Å²) in [6.45, 7) is 2.93. The Morgan fingerprint density at radius 1 is 1.17 bits per heavy atom. The number of aromatic hydroxyl groups is 1. The first-order valence-corrected chi connectivity index (χ1v) is 8.50. The molecule has 0 aliphatic carbocycles. The summed E-state index contributed by atoms with van der Waals surface area (Å²) in [5, 5.41) is 12.3. The molecule has 1 aromatic rings. The number of unbranched alkanes of at least 4 members (excludes halogenated alkanes) is 6. The maximum absolute atomic E-state index is 11.8. The number of ether oxygens (including phenoxy) is 1. The van der Waals surface area contributed by atoms with Crippen LogP contribution in [0.1, 0.15) is 57.4 Å². The Labute approximate surface area is 139 Å². The van der Waals surface area contributed by atoms with Crippen LogP contribution in [0, 0.1) is 0 Å². The number of phenolic OH excluding ortho intramolecular Hbond substituents is 1. The number of methoxy groups -OCH3 is 1. The van der Waals surface area contributed by atoms with Gasteiger partial charge in [-0.25, -0.2) is 0 Å². The second kappa shape index (κ2) is 11.6. The molecule has 0 heterocycles. The van der Waals surface area contributed by atoms with Crippen LogP contribution in [0.5, 0.6) is 11.5 Å². The molecular formula is C19H29NO3. The molecule has 1 amide bonds. The van der Waals surface area contributed by atoms with Gasteiger partial charge in [-0.1, -0.05) is 45.4 Å². The predicted octanol–water partition coefficient (Wildman–Crippen LogP) is 4.28. The third-order valence-corrected chi connectivity index (χ3v) is 3.71. The molecule has 0 unspecified atom stereocenters. The SMILES string of the molecule is CCCCCCCCCNC(=O)C=Cc1ccc(O)cc1OC. The largest absolute Gasteiger partial charge is 0.508 e. The minimum atomic E-state index is -0.105. The Balaban J connectivity index is 2.23. The van der Waals surface area contributed by atoms with Gasteiger partial charge in [0.2, 0.25) is 5.91 Å². The summed E-state index contributed by atoms with van der Waals surface area (Å²) >= 11 is 0. The van der Waals surface area contributed by atoms with E-state index in [0.29, 0.717) is 12.3 Å². The van der Waals surface area contributed by atoms with E-state index in [1.54, 1.807) is 18.2 Å². The Bertz CT molecular complexity index is 497. The summed E-state index contributed by atoms with van der Waals surface area (Å²) in [6, 6.07) is 4.81. The summed E-state index contributed by atoms with van der Waals surface area (Å²) in [5.41, 5.74) is 0.761. The molecule has 0 spiro atoms. The van der Waals surface area contributed by atoms with Crippen LogP contribution >= 0.6 is 0 Å². The van der Waals surface area contributed by atoms with Gasteiger partial charge in [-0.05, 0) is 24.6 Å². The number of phenols is 1. The van der Waals surface area contributed by atoms with Crippen LogP contribution in [-0.4, -0.2) is 24.7 Å². The van der Waals surface area contributed by atoms with E-state index in [1.807, 2.05) is 0 Å². The van der Waals surface area contributed by atoms with Gasteiger partial charge in [-0.15, -0.1) is 0 Å². The molecule has 0 fully saturated rings. The fourth-order valence-corrected chi connectivity index (χ4v) is 2.36. The quantitative estimate of drug-likeness (QED) is 0.473. The lowest BCUT2D eigenvalue weighted by Gasteiger charge is -2.05. The first-order valence-electron chi connectivity index (χ1n) is 8.50. The van der Waals surface area contributed by atoms with Crippen LogP contribution in [0.15, 0.2) is 24.3 Å². The molecule has 0 radical (unpaired) electrons. The van der Waals surface area contributed by atoms with Crippen LogP contribution in [-0.2, 0) is 4.79 Å². The second-order valence-electron chi connectivity index (χ2n) is 5.67. The van der Waals surface area contributed by atoms with E-state index >= 15 is 0 Å². The van der Waals surface area contributed by atoms with Crippen molar-refractivity contribution < 1.29 is 14.6 Å². The lowest BCUT2D eigenvalue weighted by Crippen LogP contribution is -2.21. The van der Waals surface area contributed by atoms with Crippen molar-refractivity contribution in [1.29, 1.82) is 0 Å². The molecule has 4 heteroatoms. The highest BCUT2D eigenvalue weighted by Crippen LogP contribution is 2.24. The number of carbonyl (C=O) groups excluding carboxylic acids is 1.